The molecule has 2 atom stereocenters. The Labute approximate surface area is 269 Å². The lowest BCUT2D eigenvalue weighted by atomic mass is 10.1. The molecule has 2 aliphatic rings. The van der Waals surface area contributed by atoms with Crippen LogP contribution in [0.15, 0.2) is 36.4 Å². The van der Waals surface area contributed by atoms with Gasteiger partial charge in [0, 0.05) is 30.6 Å². The van der Waals surface area contributed by atoms with E-state index in [4.69, 9.17) is 19.0 Å². The molecule has 250 valence electrons. The second kappa shape index (κ2) is 15.8. The molecule has 2 aromatic rings. The van der Waals surface area contributed by atoms with Crippen molar-refractivity contribution < 1.29 is 38.2 Å². The predicted octanol–water partition coefficient (Wildman–Crippen LogP) is 4.31. The lowest BCUT2D eigenvalue weighted by molar-refractivity contribution is -0.166. The van der Waals surface area contributed by atoms with Crippen LogP contribution >= 0.6 is 0 Å². The number of piperazine rings is 1. The van der Waals surface area contributed by atoms with E-state index in [0.29, 0.717) is 11.4 Å². The number of carbonyl (C=O) groups is 4. The summed E-state index contributed by atoms with van der Waals surface area (Å²) in [6, 6.07) is 9.33. The average Bonchev–Trinajstić information content (AvgIpc) is 3.51. The van der Waals surface area contributed by atoms with Crippen LogP contribution in [0, 0.1) is 0 Å². The van der Waals surface area contributed by atoms with Gasteiger partial charge in [-0.15, -0.1) is 5.06 Å². The van der Waals surface area contributed by atoms with Gasteiger partial charge in [-0.05, 0) is 66.7 Å². The van der Waals surface area contributed by atoms with Gasteiger partial charge in [-0.25, -0.2) is 9.78 Å². The minimum absolute atomic E-state index is 0.00514. The summed E-state index contributed by atoms with van der Waals surface area (Å²) >= 11 is 0. The Morgan fingerprint density at radius 1 is 1.04 bits per heavy atom. The fourth-order valence-electron chi connectivity index (χ4n) is 5.42. The quantitative estimate of drug-likeness (QED) is 0.351. The van der Waals surface area contributed by atoms with E-state index in [0.717, 1.165) is 25.7 Å². The smallest absolute Gasteiger partial charge is 0.474 e. The lowest BCUT2D eigenvalue weighted by Crippen LogP contribution is -2.59. The molecule has 1 saturated heterocycles. The summed E-state index contributed by atoms with van der Waals surface area (Å²) in [6.45, 7) is 9.68. The Morgan fingerprint density at radius 2 is 1.76 bits per heavy atom. The number of ether oxygens (including phenoxy) is 3. The summed E-state index contributed by atoms with van der Waals surface area (Å²) in [5.74, 6) is -0.853. The number of aromatic nitrogens is 2. The van der Waals surface area contributed by atoms with E-state index in [2.05, 4.69) is 15.3 Å². The van der Waals surface area contributed by atoms with E-state index in [1.807, 2.05) is 37.3 Å². The monoisotopic (exact) mass is 639 g/mol. The average molecular weight is 640 g/mol. The van der Waals surface area contributed by atoms with Gasteiger partial charge in [0.15, 0.2) is 5.82 Å². The first kappa shape index (κ1) is 34.6. The van der Waals surface area contributed by atoms with Crippen LogP contribution in [-0.2, 0) is 23.9 Å². The molecule has 0 bridgehead atoms. The molecule has 1 unspecified atom stereocenters. The molecule has 2 amide bonds. The molecule has 13 nitrogen and oxygen atoms in total. The Hall–Kier alpha value is -4.26. The summed E-state index contributed by atoms with van der Waals surface area (Å²) < 4.78 is 16.5. The highest BCUT2D eigenvalue weighted by molar-refractivity contribution is 5.97. The molecule has 0 spiro atoms. The molecular weight excluding hydrogens is 594 g/mol. The topological polar surface area (TPSA) is 149 Å². The summed E-state index contributed by atoms with van der Waals surface area (Å²) in [5, 5.41) is 4.27. The van der Waals surface area contributed by atoms with Crippen molar-refractivity contribution >= 4 is 23.9 Å². The maximum atomic E-state index is 13.9. The standard InChI is InChI=1S/C33H45N5O8/c1-6-43-32(42)46-37-18-19-38(22(2)21-37)31(41)25(16-17-28(39)45-33(3,4)5)35-30(40)26-20-27(44-24-14-10-11-15-24)36-29(34-26)23-12-8-7-9-13-23/h7-9,12-13,20,22,24-25H,6,10-11,14-19,21H2,1-5H3,(H,35,40)/t22?,25-/m0/s1. The molecule has 2 heterocycles. The van der Waals surface area contributed by atoms with Crippen LogP contribution in [-0.4, -0.2) is 93.9 Å². The molecule has 1 aliphatic carbocycles. The van der Waals surface area contributed by atoms with Gasteiger partial charge in [0.1, 0.15) is 23.4 Å². The van der Waals surface area contributed by atoms with E-state index >= 15 is 0 Å². The van der Waals surface area contributed by atoms with Crippen molar-refractivity contribution in [2.24, 2.45) is 0 Å². The molecule has 4 rings (SSSR count). The lowest BCUT2D eigenvalue weighted by Gasteiger charge is -2.39. The van der Waals surface area contributed by atoms with Crippen LogP contribution in [0.4, 0.5) is 4.79 Å². The normalized spacial score (nSPS) is 18.0. The molecular formula is C33H45N5O8. The van der Waals surface area contributed by atoms with Crippen molar-refractivity contribution in [3.63, 3.8) is 0 Å². The number of hydroxylamine groups is 2. The summed E-state index contributed by atoms with van der Waals surface area (Å²) in [4.78, 5) is 68.1. The highest BCUT2D eigenvalue weighted by Crippen LogP contribution is 2.26. The number of esters is 1. The molecule has 1 N–H and O–H groups in total. The zero-order valence-electron chi connectivity index (χ0n) is 27.3. The number of benzene rings is 1. The van der Waals surface area contributed by atoms with Crippen LogP contribution in [0.3, 0.4) is 0 Å². The first-order valence-electron chi connectivity index (χ1n) is 16.0. The van der Waals surface area contributed by atoms with E-state index in [1.165, 1.54) is 11.1 Å². The number of carbonyl (C=O) groups excluding carboxylic acids is 4. The zero-order chi connectivity index (χ0) is 33.3. The summed E-state index contributed by atoms with van der Waals surface area (Å²) in [5.41, 5.74) is 0.0500. The van der Waals surface area contributed by atoms with Crippen molar-refractivity contribution in [3.05, 3.63) is 42.1 Å². The van der Waals surface area contributed by atoms with Crippen molar-refractivity contribution in [2.45, 2.75) is 96.9 Å². The van der Waals surface area contributed by atoms with Crippen molar-refractivity contribution in [1.82, 2.24) is 25.2 Å². The third-order valence-corrected chi connectivity index (χ3v) is 7.56. The van der Waals surface area contributed by atoms with Gasteiger partial charge in [-0.2, -0.15) is 4.98 Å². The Balaban J connectivity index is 1.55. The molecule has 1 aliphatic heterocycles. The Morgan fingerprint density at radius 3 is 2.41 bits per heavy atom. The van der Waals surface area contributed by atoms with Gasteiger partial charge < -0.3 is 29.3 Å². The van der Waals surface area contributed by atoms with Crippen molar-refractivity contribution in [1.29, 1.82) is 0 Å². The predicted molar refractivity (Wildman–Crippen MR) is 168 cm³/mol. The summed E-state index contributed by atoms with van der Waals surface area (Å²) in [6.07, 6.45) is 3.05. The van der Waals surface area contributed by atoms with Crippen LogP contribution in [0.5, 0.6) is 5.88 Å². The number of nitrogens with one attached hydrogen (secondary N) is 1. The molecule has 1 aromatic carbocycles. The Kier molecular flexibility index (Phi) is 11.9. The van der Waals surface area contributed by atoms with Gasteiger partial charge in [0.2, 0.25) is 11.8 Å². The van der Waals surface area contributed by atoms with Crippen LogP contribution in [0.2, 0.25) is 0 Å². The van der Waals surface area contributed by atoms with Crippen molar-refractivity contribution in [2.75, 3.05) is 26.2 Å². The van der Waals surface area contributed by atoms with Crippen molar-refractivity contribution in [3.8, 4) is 17.3 Å². The van der Waals surface area contributed by atoms with Gasteiger partial charge in [0.25, 0.3) is 5.91 Å². The largest absolute Gasteiger partial charge is 0.527 e. The molecule has 13 heteroatoms. The van der Waals surface area contributed by atoms with Crippen LogP contribution in [0.25, 0.3) is 11.4 Å². The fourth-order valence-corrected chi connectivity index (χ4v) is 5.42. The van der Waals surface area contributed by atoms with Gasteiger partial charge in [0.05, 0.1) is 19.7 Å². The first-order valence-corrected chi connectivity index (χ1v) is 16.0. The second-order valence-corrected chi connectivity index (χ2v) is 12.5. The molecule has 0 radical (unpaired) electrons. The zero-order valence-corrected chi connectivity index (χ0v) is 27.3. The Bertz CT molecular complexity index is 1360. The number of nitrogens with zero attached hydrogens (tertiary/aromatic N) is 4. The molecule has 46 heavy (non-hydrogen) atoms. The number of hydrogen-bond donors (Lipinski definition) is 1. The maximum absolute atomic E-state index is 13.9. The second-order valence-electron chi connectivity index (χ2n) is 12.5. The summed E-state index contributed by atoms with van der Waals surface area (Å²) in [7, 11) is 0. The van der Waals surface area contributed by atoms with E-state index in [1.54, 1.807) is 32.6 Å². The van der Waals surface area contributed by atoms with E-state index < -0.39 is 29.7 Å². The van der Waals surface area contributed by atoms with Gasteiger partial charge in [-0.3, -0.25) is 14.4 Å². The minimum Gasteiger partial charge on any atom is -0.474 e. The minimum atomic E-state index is -1.06. The SMILES string of the molecule is CCOC(=O)ON1CCN(C(=O)[C@H](CCC(=O)OC(C)(C)C)NC(=O)c2cc(OC3CCCC3)nc(-c3ccccc3)n2)C(C)C1. The highest BCUT2D eigenvalue weighted by Gasteiger charge is 2.35. The number of rotatable bonds is 11. The van der Waals surface area contributed by atoms with Crippen LogP contribution in [0.1, 0.15) is 83.6 Å². The third kappa shape index (κ3) is 10.1. The third-order valence-electron chi connectivity index (χ3n) is 7.56. The highest BCUT2D eigenvalue weighted by atomic mass is 16.8. The molecule has 2 fully saturated rings. The van der Waals surface area contributed by atoms with Crippen LogP contribution < -0.4 is 10.1 Å². The van der Waals surface area contributed by atoms with E-state index in [-0.39, 0.29) is 68.7 Å². The number of hydrogen-bond acceptors (Lipinski definition) is 11. The fraction of sp³-hybridized carbons (Fsp3) is 0.576. The van der Waals surface area contributed by atoms with E-state index in [9.17, 15) is 19.2 Å². The first-order chi connectivity index (χ1) is 21.9. The molecule has 1 saturated carbocycles. The number of amides is 2. The van der Waals surface area contributed by atoms with Gasteiger partial charge in [-0.1, -0.05) is 30.3 Å². The molecule has 1 aromatic heterocycles. The van der Waals surface area contributed by atoms with Gasteiger partial charge >= 0.3 is 12.1 Å². The maximum Gasteiger partial charge on any atom is 0.527 e.